The van der Waals surface area contributed by atoms with Gasteiger partial charge in [-0.05, 0) is 6.08 Å². The second kappa shape index (κ2) is 15.1. The van der Waals surface area contributed by atoms with Gasteiger partial charge < -0.3 is 29.2 Å². The molecule has 152 valence electrons. The molecule has 3 fully saturated rings. The Morgan fingerprint density at radius 1 is 0.769 bits per heavy atom. The Morgan fingerprint density at radius 3 is 1.77 bits per heavy atom. The molecular formula is C19H36N2O5. The summed E-state index contributed by atoms with van der Waals surface area (Å²) < 4.78 is 20.5. The Labute approximate surface area is 158 Å². The van der Waals surface area contributed by atoms with E-state index in [2.05, 4.69) is 16.3 Å². The van der Waals surface area contributed by atoms with E-state index in [-0.39, 0.29) is 7.43 Å². The Kier molecular flexibility index (Phi) is 13.4. The monoisotopic (exact) mass is 372 g/mol. The van der Waals surface area contributed by atoms with Crippen LogP contribution < -0.4 is 5.32 Å². The minimum Gasteiger partial charge on any atom is -0.381 e. The van der Waals surface area contributed by atoms with Gasteiger partial charge in [-0.1, -0.05) is 7.43 Å². The first-order valence-electron chi connectivity index (χ1n) is 9.33. The molecule has 1 N–H and O–H groups in total. The summed E-state index contributed by atoms with van der Waals surface area (Å²) in [5, 5.41) is 3.16. The summed E-state index contributed by atoms with van der Waals surface area (Å²) in [7, 11) is 0. The molecule has 0 atom stereocenters. The second-order valence-electron chi connectivity index (χ2n) is 6.13. The first kappa shape index (κ1) is 23.0. The average molecular weight is 373 g/mol. The third-order valence-corrected chi connectivity index (χ3v) is 4.25. The lowest BCUT2D eigenvalue weighted by Gasteiger charge is -2.32. The molecule has 7 heteroatoms. The van der Waals surface area contributed by atoms with Crippen molar-refractivity contribution < 1.29 is 23.7 Å². The van der Waals surface area contributed by atoms with E-state index < -0.39 is 0 Å². The number of nitrogens with one attached hydrogen (secondary N) is 1. The highest BCUT2D eigenvalue weighted by molar-refractivity contribution is 5.78. The Morgan fingerprint density at radius 2 is 1.35 bits per heavy atom. The standard InChI is InChI=1S/C9H15NO2.C5H8O2.C4H9NO.CH4/c1-5-11-6-2-9(1)10-3-7-12-8-4-10;6-5-1-3-7-4-2-5;1-3-6-4-2-5-1;/h1H,2-8H2;1-4H2;5H,1-4H2;1H4. The van der Waals surface area contributed by atoms with Crippen LogP contribution in [-0.2, 0) is 23.7 Å². The van der Waals surface area contributed by atoms with Crippen LogP contribution in [0.1, 0.15) is 26.7 Å². The van der Waals surface area contributed by atoms with E-state index in [0.717, 1.165) is 72.2 Å². The molecule has 7 nitrogen and oxygen atoms in total. The second-order valence-corrected chi connectivity index (χ2v) is 6.13. The minimum atomic E-state index is 0. The summed E-state index contributed by atoms with van der Waals surface area (Å²) in [6.07, 6.45) is 4.51. The van der Waals surface area contributed by atoms with Crippen LogP contribution in [0.2, 0.25) is 0 Å². The molecule has 26 heavy (non-hydrogen) atoms. The highest BCUT2D eigenvalue weighted by atomic mass is 16.5. The van der Waals surface area contributed by atoms with Gasteiger partial charge in [-0.3, -0.25) is 4.79 Å². The third kappa shape index (κ3) is 10.2. The number of rotatable bonds is 1. The number of Topliss-reactive ketones (excluding diaryl/α,β-unsaturated/α-hetero) is 1. The zero-order valence-corrected chi connectivity index (χ0v) is 15.2. The fourth-order valence-electron chi connectivity index (χ4n) is 2.77. The molecule has 0 spiro atoms. The molecule has 4 heterocycles. The van der Waals surface area contributed by atoms with E-state index in [4.69, 9.17) is 18.9 Å². The zero-order chi connectivity index (χ0) is 17.6. The molecule has 0 unspecified atom stereocenters. The maximum absolute atomic E-state index is 10.4. The van der Waals surface area contributed by atoms with Gasteiger partial charge >= 0.3 is 0 Å². The number of nitrogens with zero attached hydrogens (tertiary/aromatic N) is 1. The molecule has 3 saturated heterocycles. The molecule has 0 amide bonds. The van der Waals surface area contributed by atoms with Crippen LogP contribution in [-0.4, -0.2) is 89.7 Å². The Bertz CT molecular complexity index is 374. The van der Waals surface area contributed by atoms with Crippen molar-refractivity contribution in [1.82, 2.24) is 10.2 Å². The number of ether oxygens (including phenoxy) is 4. The van der Waals surface area contributed by atoms with Crippen LogP contribution >= 0.6 is 0 Å². The van der Waals surface area contributed by atoms with Gasteiger partial charge in [-0.2, -0.15) is 0 Å². The molecule has 4 rings (SSSR count). The lowest BCUT2D eigenvalue weighted by atomic mass is 10.2. The number of hydrogen-bond acceptors (Lipinski definition) is 7. The van der Waals surface area contributed by atoms with Crippen LogP contribution in [0.15, 0.2) is 11.8 Å². The number of carbonyl (C=O) groups is 1. The topological polar surface area (TPSA) is 69.3 Å². The van der Waals surface area contributed by atoms with Gasteiger partial charge in [0.25, 0.3) is 0 Å². The van der Waals surface area contributed by atoms with Crippen molar-refractivity contribution >= 4 is 5.78 Å². The number of carbonyl (C=O) groups excluding carboxylic acids is 1. The minimum absolute atomic E-state index is 0. The van der Waals surface area contributed by atoms with Crippen molar-refractivity contribution in [2.75, 3.05) is 79.0 Å². The smallest absolute Gasteiger partial charge is 0.137 e. The van der Waals surface area contributed by atoms with Crippen LogP contribution in [0.3, 0.4) is 0 Å². The van der Waals surface area contributed by atoms with Crippen molar-refractivity contribution in [3.8, 4) is 0 Å². The van der Waals surface area contributed by atoms with Gasteiger partial charge in [0.2, 0.25) is 0 Å². The van der Waals surface area contributed by atoms with Gasteiger partial charge in [0, 0.05) is 51.1 Å². The lowest BCUT2D eigenvalue weighted by molar-refractivity contribution is -0.124. The number of hydrogen-bond donors (Lipinski definition) is 1. The fraction of sp³-hybridized carbons (Fsp3) is 0.842. The van der Waals surface area contributed by atoms with E-state index in [1.54, 1.807) is 0 Å². The van der Waals surface area contributed by atoms with Crippen molar-refractivity contribution in [2.24, 2.45) is 0 Å². The van der Waals surface area contributed by atoms with E-state index >= 15 is 0 Å². The predicted molar refractivity (Wildman–Crippen MR) is 101 cm³/mol. The van der Waals surface area contributed by atoms with E-state index in [1.807, 2.05) is 0 Å². The molecular weight excluding hydrogens is 336 g/mol. The lowest BCUT2D eigenvalue weighted by Crippen LogP contribution is -2.36. The molecule has 0 radical (unpaired) electrons. The van der Waals surface area contributed by atoms with E-state index in [1.165, 1.54) is 5.70 Å². The summed E-state index contributed by atoms with van der Waals surface area (Å²) in [6.45, 7) is 10.6. The quantitative estimate of drug-likeness (QED) is 0.742. The van der Waals surface area contributed by atoms with Gasteiger partial charge in [0.15, 0.2) is 0 Å². The van der Waals surface area contributed by atoms with Gasteiger partial charge in [-0.25, -0.2) is 0 Å². The largest absolute Gasteiger partial charge is 0.381 e. The van der Waals surface area contributed by atoms with Gasteiger partial charge in [0.05, 0.1) is 52.9 Å². The highest BCUT2D eigenvalue weighted by Gasteiger charge is 2.14. The van der Waals surface area contributed by atoms with Gasteiger partial charge in [0.1, 0.15) is 5.78 Å². The summed E-state index contributed by atoms with van der Waals surface area (Å²) in [5.74, 6) is 0.339. The Hall–Kier alpha value is -0.990. The zero-order valence-electron chi connectivity index (χ0n) is 15.2. The van der Waals surface area contributed by atoms with Crippen LogP contribution in [0, 0.1) is 0 Å². The number of morpholine rings is 2. The molecule has 0 bridgehead atoms. The molecule has 0 aromatic heterocycles. The van der Waals surface area contributed by atoms with Crippen LogP contribution in [0.4, 0.5) is 0 Å². The van der Waals surface area contributed by atoms with Crippen molar-refractivity contribution in [3.63, 3.8) is 0 Å². The highest BCUT2D eigenvalue weighted by Crippen LogP contribution is 2.14. The van der Waals surface area contributed by atoms with E-state index in [9.17, 15) is 4.79 Å². The normalized spacial score (nSPS) is 23.3. The molecule has 0 aromatic carbocycles. The van der Waals surface area contributed by atoms with E-state index in [0.29, 0.717) is 31.8 Å². The maximum Gasteiger partial charge on any atom is 0.137 e. The maximum atomic E-state index is 10.4. The predicted octanol–water partition coefficient (Wildman–Crippen LogP) is 1.23. The molecule has 0 aromatic rings. The van der Waals surface area contributed by atoms with Gasteiger partial charge in [-0.15, -0.1) is 0 Å². The SMILES string of the molecule is C.C1=C(N2CCOCC2)CCOC1.C1COCCN1.O=C1CCOCC1. The van der Waals surface area contributed by atoms with Crippen molar-refractivity contribution in [1.29, 1.82) is 0 Å². The van der Waals surface area contributed by atoms with Crippen LogP contribution in [0.5, 0.6) is 0 Å². The Balaban J connectivity index is 0.000000208. The van der Waals surface area contributed by atoms with Crippen molar-refractivity contribution in [2.45, 2.75) is 26.7 Å². The van der Waals surface area contributed by atoms with Crippen LogP contribution in [0.25, 0.3) is 0 Å². The van der Waals surface area contributed by atoms with Crippen molar-refractivity contribution in [3.05, 3.63) is 11.8 Å². The molecule has 0 aliphatic carbocycles. The molecule has 0 saturated carbocycles. The average Bonchev–Trinajstić information content (AvgIpc) is 2.72. The third-order valence-electron chi connectivity index (χ3n) is 4.25. The fourth-order valence-corrected chi connectivity index (χ4v) is 2.77. The summed E-state index contributed by atoms with van der Waals surface area (Å²) >= 11 is 0. The first-order chi connectivity index (χ1) is 12.4. The molecule has 4 aliphatic heterocycles. The molecule has 4 aliphatic rings. The summed E-state index contributed by atoms with van der Waals surface area (Å²) in [6, 6.07) is 0. The summed E-state index contributed by atoms with van der Waals surface area (Å²) in [4.78, 5) is 12.8. The number of ketones is 1. The first-order valence-corrected chi connectivity index (χ1v) is 9.33. The summed E-state index contributed by atoms with van der Waals surface area (Å²) in [5.41, 5.74) is 1.45.